The minimum absolute atomic E-state index is 0.175. The van der Waals surface area contributed by atoms with Gasteiger partial charge in [-0.25, -0.2) is 0 Å². The van der Waals surface area contributed by atoms with Crippen LogP contribution in [0.25, 0.3) is 0 Å². The van der Waals surface area contributed by atoms with Crippen molar-refractivity contribution in [3.05, 3.63) is 82.9 Å². The molecule has 0 fully saturated rings. The lowest BCUT2D eigenvalue weighted by atomic mass is 9.97. The lowest BCUT2D eigenvalue weighted by molar-refractivity contribution is 0.103. The Labute approximate surface area is 149 Å². The molecule has 0 bridgehead atoms. The number of carbonyl (C=O) groups excluding carboxylic acids is 2. The molecular formula is C20H16N2O4. The first-order valence-corrected chi connectivity index (χ1v) is 7.73. The summed E-state index contributed by atoms with van der Waals surface area (Å²) in [4.78, 5) is 25.2. The molecule has 130 valence electrons. The van der Waals surface area contributed by atoms with Crippen LogP contribution in [-0.2, 0) is 0 Å². The summed E-state index contributed by atoms with van der Waals surface area (Å²) in [5.41, 5.74) is 12.5. The van der Waals surface area contributed by atoms with Crippen molar-refractivity contribution in [3.63, 3.8) is 0 Å². The highest BCUT2D eigenvalue weighted by Crippen LogP contribution is 2.24. The molecule has 6 heteroatoms. The minimum Gasteiger partial charge on any atom is -0.506 e. The van der Waals surface area contributed by atoms with E-state index in [0.717, 1.165) is 0 Å². The summed E-state index contributed by atoms with van der Waals surface area (Å²) in [5.74, 6) is -1.06. The Bertz CT molecular complexity index is 949. The number of hydrogen-bond acceptors (Lipinski definition) is 6. The predicted molar refractivity (Wildman–Crippen MR) is 98.3 cm³/mol. The lowest BCUT2D eigenvalue weighted by Gasteiger charge is -2.07. The second kappa shape index (κ2) is 6.60. The van der Waals surface area contributed by atoms with Gasteiger partial charge in [-0.15, -0.1) is 0 Å². The van der Waals surface area contributed by atoms with Crippen molar-refractivity contribution >= 4 is 22.9 Å². The summed E-state index contributed by atoms with van der Waals surface area (Å²) in [6.45, 7) is 0. The molecule has 0 atom stereocenters. The van der Waals surface area contributed by atoms with Gasteiger partial charge in [0.15, 0.2) is 11.6 Å². The summed E-state index contributed by atoms with van der Waals surface area (Å²) in [6, 6.07) is 14.7. The molecule has 6 nitrogen and oxygen atoms in total. The zero-order chi connectivity index (χ0) is 18.8. The largest absolute Gasteiger partial charge is 0.506 e. The van der Waals surface area contributed by atoms with E-state index in [1.54, 1.807) is 18.2 Å². The Balaban J connectivity index is 1.94. The molecule has 0 aliphatic rings. The molecule has 0 saturated carbocycles. The van der Waals surface area contributed by atoms with Crippen LogP contribution in [0.2, 0.25) is 0 Å². The number of hydrogen-bond donors (Lipinski definition) is 4. The number of nitrogen functional groups attached to an aromatic ring is 2. The second-order valence-electron chi connectivity index (χ2n) is 5.79. The Morgan fingerprint density at radius 3 is 1.38 bits per heavy atom. The van der Waals surface area contributed by atoms with Crippen LogP contribution in [0, 0.1) is 0 Å². The van der Waals surface area contributed by atoms with E-state index in [4.69, 9.17) is 11.5 Å². The Hall–Kier alpha value is -3.80. The fourth-order valence-corrected chi connectivity index (χ4v) is 2.50. The van der Waals surface area contributed by atoms with E-state index in [1.807, 2.05) is 0 Å². The fraction of sp³-hybridized carbons (Fsp3) is 0. The highest BCUT2D eigenvalue weighted by Gasteiger charge is 2.15. The van der Waals surface area contributed by atoms with Crippen LogP contribution in [0.1, 0.15) is 31.8 Å². The van der Waals surface area contributed by atoms with E-state index >= 15 is 0 Å². The van der Waals surface area contributed by atoms with Crippen molar-refractivity contribution in [2.24, 2.45) is 0 Å². The molecule has 0 heterocycles. The van der Waals surface area contributed by atoms with Gasteiger partial charge >= 0.3 is 0 Å². The smallest absolute Gasteiger partial charge is 0.193 e. The fourth-order valence-electron chi connectivity index (χ4n) is 2.50. The Morgan fingerprint density at radius 2 is 1.00 bits per heavy atom. The molecule has 0 amide bonds. The highest BCUT2D eigenvalue weighted by molar-refractivity contribution is 6.13. The number of phenolic OH excluding ortho intramolecular Hbond substituents is 2. The number of nitrogens with two attached hydrogens (primary N) is 2. The van der Waals surface area contributed by atoms with Gasteiger partial charge in [-0.1, -0.05) is 18.2 Å². The van der Waals surface area contributed by atoms with E-state index < -0.39 is 0 Å². The van der Waals surface area contributed by atoms with E-state index in [2.05, 4.69) is 0 Å². The normalized spacial score (nSPS) is 10.5. The van der Waals surface area contributed by atoms with Gasteiger partial charge in [-0.05, 0) is 42.5 Å². The third-order valence-electron chi connectivity index (χ3n) is 3.97. The molecule has 0 radical (unpaired) electrons. The van der Waals surface area contributed by atoms with Gasteiger partial charge in [0.1, 0.15) is 11.5 Å². The van der Waals surface area contributed by atoms with Gasteiger partial charge in [-0.2, -0.15) is 0 Å². The number of anilines is 2. The highest BCUT2D eigenvalue weighted by atomic mass is 16.3. The molecule has 0 saturated heterocycles. The topological polar surface area (TPSA) is 127 Å². The average molecular weight is 348 g/mol. The Morgan fingerprint density at radius 1 is 0.615 bits per heavy atom. The van der Waals surface area contributed by atoms with E-state index in [-0.39, 0.29) is 45.6 Å². The lowest BCUT2D eigenvalue weighted by Crippen LogP contribution is -2.06. The number of phenols is 2. The molecule has 0 aliphatic carbocycles. The second-order valence-corrected chi connectivity index (χ2v) is 5.79. The van der Waals surface area contributed by atoms with E-state index in [0.29, 0.717) is 11.1 Å². The first kappa shape index (κ1) is 17.0. The van der Waals surface area contributed by atoms with Gasteiger partial charge in [0, 0.05) is 22.3 Å². The van der Waals surface area contributed by atoms with Crippen molar-refractivity contribution in [1.29, 1.82) is 0 Å². The van der Waals surface area contributed by atoms with E-state index in [9.17, 15) is 19.8 Å². The van der Waals surface area contributed by atoms with Crippen LogP contribution in [0.3, 0.4) is 0 Å². The summed E-state index contributed by atoms with van der Waals surface area (Å²) >= 11 is 0. The number of ketones is 2. The molecule has 0 unspecified atom stereocenters. The van der Waals surface area contributed by atoms with Crippen molar-refractivity contribution in [1.82, 2.24) is 0 Å². The SMILES string of the molecule is Nc1ccc(C(=O)c2cccc(C(=O)c3ccc(N)c(O)c3)c2)cc1O. The molecule has 0 spiro atoms. The van der Waals surface area contributed by atoms with Crippen LogP contribution in [0.15, 0.2) is 60.7 Å². The van der Waals surface area contributed by atoms with Crippen LogP contribution in [0.4, 0.5) is 11.4 Å². The van der Waals surface area contributed by atoms with Gasteiger partial charge in [0.05, 0.1) is 11.4 Å². The predicted octanol–water partition coefficient (Wildman–Crippen LogP) is 2.72. The average Bonchev–Trinajstić information content (AvgIpc) is 2.65. The maximum absolute atomic E-state index is 12.6. The number of rotatable bonds is 4. The molecule has 0 aromatic heterocycles. The van der Waals surface area contributed by atoms with Crippen LogP contribution in [-0.4, -0.2) is 21.8 Å². The van der Waals surface area contributed by atoms with Gasteiger partial charge in [0.2, 0.25) is 0 Å². The minimum atomic E-state index is -0.352. The maximum Gasteiger partial charge on any atom is 0.193 e. The zero-order valence-electron chi connectivity index (χ0n) is 13.6. The summed E-state index contributed by atoms with van der Waals surface area (Å²) in [5, 5.41) is 19.3. The number of aromatic hydroxyl groups is 2. The molecule has 3 aromatic rings. The molecule has 3 rings (SSSR count). The van der Waals surface area contributed by atoms with Crippen LogP contribution in [0.5, 0.6) is 11.5 Å². The zero-order valence-corrected chi connectivity index (χ0v) is 13.6. The monoisotopic (exact) mass is 348 g/mol. The van der Waals surface area contributed by atoms with Gasteiger partial charge in [0.25, 0.3) is 0 Å². The van der Waals surface area contributed by atoms with Crippen LogP contribution >= 0.6 is 0 Å². The summed E-state index contributed by atoms with van der Waals surface area (Å²) < 4.78 is 0. The Kier molecular flexibility index (Phi) is 4.33. The van der Waals surface area contributed by atoms with Gasteiger partial charge < -0.3 is 21.7 Å². The molecular weight excluding hydrogens is 332 g/mol. The van der Waals surface area contributed by atoms with Crippen LogP contribution < -0.4 is 11.5 Å². The van der Waals surface area contributed by atoms with E-state index in [1.165, 1.54) is 42.5 Å². The van der Waals surface area contributed by atoms with Crippen molar-refractivity contribution < 1.29 is 19.8 Å². The number of carbonyl (C=O) groups is 2. The summed E-state index contributed by atoms with van der Waals surface area (Å²) in [6.07, 6.45) is 0. The van der Waals surface area contributed by atoms with Crippen molar-refractivity contribution in [2.45, 2.75) is 0 Å². The molecule has 3 aromatic carbocycles. The summed E-state index contributed by atoms with van der Waals surface area (Å²) in [7, 11) is 0. The maximum atomic E-state index is 12.6. The molecule has 0 aliphatic heterocycles. The first-order valence-electron chi connectivity index (χ1n) is 7.73. The third kappa shape index (κ3) is 3.21. The molecule has 6 N–H and O–H groups in total. The quantitative estimate of drug-likeness (QED) is 0.326. The van der Waals surface area contributed by atoms with Crippen molar-refractivity contribution in [3.8, 4) is 11.5 Å². The third-order valence-corrected chi connectivity index (χ3v) is 3.97. The van der Waals surface area contributed by atoms with Gasteiger partial charge in [-0.3, -0.25) is 9.59 Å². The van der Waals surface area contributed by atoms with Crippen molar-refractivity contribution in [2.75, 3.05) is 11.5 Å². The number of benzene rings is 3. The standard InChI is InChI=1S/C20H16N2O4/c21-15-6-4-13(9-17(15)23)19(25)11-2-1-3-12(8-11)20(26)14-5-7-16(22)18(24)10-14/h1-10,23-24H,21-22H2. The molecule has 26 heavy (non-hydrogen) atoms. The first-order chi connectivity index (χ1) is 12.4.